The molecule has 0 aromatic carbocycles. The Labute approximate surface area is 103 Å². The van der Waals surface area contributed by atoms with E-state index in [0.717, 1.165) is 12.8 Å². The number of likely N-dealkylation sites (tertiary alicyclic amines) is 1. The lowest BCUT2D eigenvalue weighted by molar-refractivity contribution is 0.0139. The van der Waals surface area contributed by atoms with Crippen LogP contribution in [0.2, 0.25) is 0 Å². The highest BCUT2D eigenvalue weighted by Gasteiger charge is 2.29. The summed E-state index contributed by atoms with van der Waals surface area (Å²) in [5.74, 6) is 0.168. The number of ether oxygens (including phenoxy) is 1. The molecule has 1 rings (SSSR count). The molecule has 0 saturated carbocycles. The van der Waals surface area contributed by atoms with Crippen LogP contribution in [0.3, 0.4) is 0 Å². The summed E-state index contributed by atoms with van der Waals surface area (Å²) in [6.45, 7) is 6.82. The van der Waals surface area contributed by atoms with E-state index in [2.05, 4.69) is 0 Å². The van der Waals surface area contributed by atoms with Crippen molar-refractivity contribution in [1.82, 2.24) is 4.90 Å². The summed E-state index contributed by atoms with van der Waals surface area (Å²) in [5.41, 5.74) is 5.34. The Bertz CT molecular complexity index is 263. The van der Waals surface area contributed by atoms with Gasteiger partial charge in [0.25, 0.3) is 0 Å². The predicted octanol–water partition coefficient (Wildman–Crippen LogP) is 0.953. The van der Waals surface area contributed by atoms with Crippen LogP contribution in [0.4, 0.5) is 4.79 Å². The molecule has 5 nitrogen and oxygen atoms in total. The van der Waals surface area contributed by atoms with Crippen LogP contribution in [0.15, 0.2) is 0 Å². The van der Waals surface area contributed by atoms with Crippen molar-refractivity contribution in [3.05, 3.63) is 0 Å². The van der Waals surface area contributed by atoms with Gasteiger partial charge >= 0.3 is 6.09 Å². The van der Waals surface area contributed by atoms with Gasteiger partial charge in [-0.3, -0.25) is 0 Å². The molecule has 0 aromatic rings. The molecule has 0 bridgehead atoms. The molecule has 1 aliphatic rings. The van der Waals surface area contributed by atoms with E-state index in [9.17, 15) is 4.79 Å². The molecule has 17 heavy (non-hydrogen) atoms. The van der Waals surface area contributed by atoms with E-state index >= 15 is 0 Å². The fourth-order valence-corrected chi connectivity index (χ4v) is 2.00. The highest BCUT2D eigenvalue weighted by molar-refractivity contribution is 5.68. The molecule has 2 atom stereocenters. The second-order valence-corrected chi connectivity index (χ2v) is 5.68. The fraction of sp³-hybridized carbons (Fsp3) is 0.917. The summed E-state index contributed by atoms with van der Waals surface area (Å²) in [6, 6.07) is -0.250. The number of carbonyl (C=O) groups is 1. The lowest BCUT2D eigenvalue weighted by Gasteiger charge is -2.36. The van der Waals surface area contributed by atoms with Crippen molar-refractivity contribution in [2.75, 3.05) is 19.7 Å². The zero-order valence-corrected chi connectivity index (χ0v) is 11.0. The van der Waals surface area contributed by atoms with Crippen LogP contribution >= 0.6 is 0 Å². The van der Waals surface area contributed by atoms with Crippen molar-refractivity contribution in [2.24, 2.45) is 11.7 Å². The number of hydrogen-bond acceptors (Lipinski definition) is 4. The zero-order chi connectivity index (χ0) is 13.1. The van der Waals surface area contributed by atoms with E-state index in [4.69, 9.17) is 15.6 Å². The number of amides is 1. The van der Waals surface area contributed by atoms with E-state index in [0.29, 0.717) is 13.1 Å². The summed E-state index contributed by atoms with van der Waals surface area (Å²) in [6.07, 6.45) is 1.59. The average molecular weight is 244 g/mol. The van der Waals surface area contributed by atoms with Gasteiger partial charge in [0.2, 0.25) is 0 Å². The van der Waals surface area contributed by atoms with Crippen LogP contribution in [-0.2, 0) is 4.74 Å². The van der Waals surface area contributed by atoms with Gasteiger partial charge in [0.1, 0.15) is 5.60 Å². The van der Waals surface area contributed by atoms with Gasteiger partial charge in [-0.1, -0.05) is 0 Å². The quantitative estimate of drug-likeness (QED) is 0.758. The summed E-state index contributed by atoms with van der Waals surface area (Å²) in [5, 5.41) is 9.04. The highest BCUT2D eigenvalue weighted by atomic mass is 16.6. The Kier molecular flexibility index (Phi) is 4.77. The van der Waals surface area contributed by atoms with Crippen molar-refractivity contribution in [1.29, 1.82) is 0 Å². The molecule has 0 spiro atoms. The molecule has 1 heterocycles. The third kappa shape index (κ3) is 4.52. The number of nitrogens with zero attached hydrogens (tertiary/aromatic N) is 1. The van der Waals surface area contributed by atoms with Gasteiger partial charge in [-0.05, 0) is 39.5 Å². The highest BCUT2D eigenvalue weighted by Crippen LogP contribution is 2.20. The van der Waals surface area contributed by atoms with Gasteiger partial charge in [-0.15, -0.1) is 0 Å². The van der Waals surface area contributed by atoms with Gasteiger partial charge in [-0.25, -0.2) is 4.79 Å². The number of carbonyl (C=O) groups excluding carboxylic acids is 1. The average Bonchev–Trinajstić information content (AvgIpc) is 2.26. The van der Waals surface area contributed by atoms with E-state index in [1.165, 1.54) is 0 Å². The molecule has 3 N–H and O–H groups in total. The number of nitrogens with two attached hydrogens (primary N) is 1. The summed E-state index contributed by atoms with van der Waals surface area (Å²) < 4.78 is 5.32. The minimum Gasteiger partial charge on any atom is -0.444 e. The summed E-state index contributed by atoms with van der Waals surface area (Å²) in [7, 11) is 0. The van der Waals surface area contributed by atoms with Gasteiger partial charge in [0.05, 0.1) is 6.61 Å². The summed E-state index contributed by atoms with van der Waals surface area (Å²) in [4.78, 5) is 13.6. The second-order valence-electron chi connectivity index (χ2n) is 5.68. The SMILES string of the molecule is CC(C)(C)OC(=O)N1CCCC([C@@H](N)CO)C1. The van der Waals surface area contributed by atoms with Gasteiger partial charge < -0.3 is 20.5 Å². The van der Waals surface area contributed by atoms with Crippen LogP contribution in [0.25, 0.3) is 0 Å². The van der Waals surface area contributed by atoms with Gasteiger partial charge in [0, 0.05) is 19.1 Å². The Morgan fingerprint density at radius 1 is 1.59 bits per heavy atom. The molecule has 0 aromatic heterocycles. The Morgan fingerprint density at radius 3 is 2.76 bits per heavy atom. The van der Waals surface area contributed by atoms with Crippen LogP contribution in [-0.4, -0.2) is 47.4 Å². The van der Waals surface area contributed by atoms with Gasteiger partial charge in [0.15, 0.2) is 0 Å². The third-order valence-corrected chi connectivity index (χ3v) is 2.93. The molecule has 5 heteroatoms. The fourth-order valence-electron chi connectivity index (χ4n) is 2.00. The molecule has 0 aliphatic carbocycles. The van der Waals surface area contributed by atoms with Crippen molar-refractivity contribution in [2.45, 2.75) is 45.3 Å². The van der Waals surface area contributed by atoms with Crippen LogP contribution in [0.5, 0.6) is 0 Å². The van der Waals surface area contributed by atoms with Crippen LogP contribution < -0.4 is 5.73 Å². The van der Waals surface area contributed by atoms with Crippen molar-refractivity contribution in [3.63, 3.8) is 0 Å². The van der Waals surface area contributed by atoms with E-state index in [1.54, 1.807) is 4.90 Å². The molecule has 1 fully saturated rings. The Balaban J connectivity index is 2.52. The van der Waals surface area contributed by atoms with Crippen molar-refractivity contribution >= 4 is 6.09 Å². The lowest BCUT2D eigenvalue weighted by Crippen LogP contribution is -2.48. The number of hydrogen-bond donors (Lipinski definition) is 2. The molecule has 1 amide bonds. The van der Waals surface area contributed by atoms with E-state index < -0.39 is 5.60 Å². The molecule has 1 aliphatic heterocycles. The Morgan fingerprint density at radius 2 is 2.24 bits per heavy atom. The predicted molar refractivity (Wildman–Crippen MR) is 65.6 cm³/mol. The number of aliphatic hydroxyl groups excluding tert-OH is 1. The van der Waals surface area contributed by atoms with E-state index in [-0.39, 0.29) is 24.7 Å². The largest absolute Gasteiger partial charge is 0.444 e. The standard InChI is InChI=1S/C12H24N2O3/c1-12(2,3)17-11(16)14-6-4-5-9(7-14)10(13)8-15/h9-10,15H,4-8,13H2,1-3H3/t9?,10-/m0/s1. The first kappa shape index (κ1) is 14.3. The molecule has 1 unspecified atom stereocenters. The molecular weight excluding hydrogens is 220 g/mol. The molecule has 100 valence electrons. The number of aliphatic hydroxyl groups is 1. The normalized spacial score (nSPS) is 23.4. The smallest absolute Gasteiger partial charge is 0.410 e. The van der Waals surface area contributed by atoms with Crippen molar-refractivity contribution in [3.8, 4) is 0 Å². The maximum atomic E-state index is 11.9. The van der Waals surface area contributed by atoms with Crippen LogP contribution in [0.1, 0.15) is 33.6 Å². The molecular formula is C12H24N2O3. The number of piperidine rings is 1. The zero-order valence-electron chi connectivity index (χ0n) is 11.0. The maximum absolute atomic E-state index is 11.9. The first-order chi connectivity index (χ1) is 7.83. The molecule has 1 saturated heterocycles. The van der Waals surface area contributed by atoms with Crippen LogP contribution in [0, 0.1) is 5.92 Å². The first-order valence-electron chi connectivity index (χ1n) is 6.18. The minimum atomic E-state index is -0.469. The molecule has 0 radical (unpaired) electrons. The minimum absolute atomic E-state index is 0.0349. The number of rotatable bonds is 2. The van der Waals surface area contributed by atoms with E-state index in [1.807, 2.05) is 20.8 Å². The topological polar surface area (TPSA) is 75.8 Å². The maximum Gasteiger partial charge on any atom is 0.410 e. The monoisotopic (exact) mass is 244 g/mol. The lowest BCUT2D eigenvalue weighted by atomic mass is 9.92. The van der Waals surface area contributed by atoms with Crippen molar-refractivity contribution < 1.29 is 14.6 Å². The Hall–Kier alpha value is -0.810. The third-order valence-electron chi connectivity index (χ3n) is 2.93. The van der Waals surface area contributed by atoms with Gasteiger partial charge in [-0.2, -0.15) is 0 Å². The first-order valence-corrected chi connectivity index (χ1v) is 6.18. The second kappa shape index (κ2) is 5.69. The summed E-state index contributed by atoms with van der Waals surface area (Å²) >= 11 is 0.